The molecular formula is C20H30N2O2. The lowest BCUT2D eigenvalue weighted by molar-refractivity contribution is -0.118. The maximum Gasteiger partial charge on any atom is 0.151 e. The topological polar surface area (TPSA) is 50.4 Å². The first-order valence-electron chi connectivity index (χ1n) is 8.52. The van der Waals surface area contributed by atoms with Gasteiger partial charge in [-0.2, -0.15) is 0 Å². The summed E-state index contributed by atoms with van der Waals surface area (Å²) in [4.78, 5) is 11.3. The summed E-state index contributed by atoms with van der Waals surface area (Å²) in [5.74, 6) is 0.965. The molecule has 4 nitrogen and oxygen atoms in total. The minimum atomic E-state index is -0.184. The Balaban J connectivity index is 2.85. The molecule has 2 N–H and O–H groups in total. The first-order valence-corrected chi connectivity index (χ1v) is 8.52. The number of hydrogen-bond acceptors (Lipinski definition) is 4. The van der Waals surface area contributed by atoms with Crippen molar-refractivity contribution in [1.29, 1.82) is 0 Å². The molecule has 1 aromatic carbocycles. The SMILES string of the molecule is CCCC/C=C(\N/C=C(\C)NC(C)C(C)=O)c1ccc(OC)cc1. The van der Waals surface area contributed by atoms with Crippen LogP contribution >= 0.6 is 0 Å². The van der Waals surface area contributed by atoms with Crippen LogP contribution in [0.5, 0.6) is 5.75 Å². The maximum atomic E-state index is 11.3. The highest BCUT2D eigenvalue weighted by molar-refractivity contribution is 5.81. The number of methoxy groups -OCH3 is 1. The monoisotopic (exact) mass is 330 g/mol. The Morgan fingerprint density at radius 2 is 1.92 bits per heavy atom. The number of benzene rings is 1. The summed E-state index contributed by atoms with van der Waals surface area (Å²) in [5, 5.41) is 6.53. The molecule has 1 aromatic rings. The highest BCUT2D eigenvalue weighted by atomic mass is 16.5. The van der Waals surface area contributed by atoms with E-state index in [1.54, 1.807) is 14.0 Å². The minimum Gasteiger partial charge on any atom is -0.497 e. The highest BCUT2D eigenvalue weighted by Crippen LogP contribution is 2.18. The molecule has 0 aromatic heterocycles. The van der Waals surface area contributed by atoms with E-state index in [-0.39, 0.29) is 11.8 Å². The van der Waals surface area contributed by atoms with Crippen LogP contribution < -0.4 is 15.4 Å². The normalized spacial score (nSPS) is 13.4. The van der Waals surface area contributed by atoms with Crippen LogP contribution in [-0.4, -0.2) is 18.9 Å². The first-order chi connectivity index (χ1) is 11.5. The molecule has 0 aliphatic heterocycles. The highest BCUT2D eigenvalue weighted by Gasteiger charge is 2.06. The third-order valence-corrected chi connectivity index (χ3v) is 3.81. The average molecular weight is 330 g/mol. The van der Waals surface area contributed by atoms with Crippen molar-refractivity contribution in [1.82, 2.24) is 10.6 Å². The summed E-state index contributed by atoms with van der Waals surface area (Å²) >= 11 is 0. The first kappa shape index (κ1) is 19.8. The van der Waals surface area contributed by atoms with Crippen LogP contribution in [0.25, 0.3) is 5.70 Å². The van der Waals surface area contributed by atoms with Crippen LogP contribution in [0.1, 0.15) is 52.5 Å². The van der Waals surface area contributed by atoms with E-state index in [0.29, 0.717) is 0 Å². The van der Waals surface area contributed by atoms with Crippen molar-refractivity contribution in [2.24, 2.45) is 0 Å². The van der Waals surface area contributed by atoms with Crippen LogP contribution in [0.3, 0.4) is 0 Å². The lowest BCUT2D eigenvalue weighted by Crippen LogP contribution is -2.31. The number of allylic oxidation sites excluding steroid dienone is 2. The Bertz CT molecular complexity index is 574. The molecule has 0 amide bonds. The number of hydrogen-bond donors (Lipinski definition) is 2. The number of nitrogens with one attached hydrogen (secondary N) is 2. The second-order valence-corrected chi connectivity index (χ2v) is 5.94. The van der Waals surface area contributed by atoms with E-state index in [4.69, 9.17) is 4.74 Å². The van der Waals surface area contributed by atoms with E-state index in [2.05, 4.69) is 23.6 Å². The van der Waals surface area contributed by atoms with E-state index in [9.17, 15) is 4.79 Å². The molecule has 0 heterocycles. The molecule has 1 atom stereocenters. The largest absolute Gasteiger partial charge is 0.497 e. The van der Waals surface area contributed by atoms with E-state index in [0.717, 1.165) is 35.5 Å². The molecule has 0 saturated heterocycles. The Kier molecular flexibility index (Phi) is 8.69. The number of carbonyl (C=O) groups excluding carboxylic acids is 1. The minimum absolute atomic E-state index is 0.122. The summed E-state index contributed by atoms with van der Waals surface area (Å²) in [6, 6.07) is 7.81. The standard InChI is InChI=1S/C20H30N2O2/c1-6-7-8-9-20(18-10-12-19(24-5)13-11-18)21-14-15(2)22-16(3)17(4)23/h9-14,16,21-22H,6-8H2,1-5H3/b15-14+,20-9-. The van der Waals surface area contributed by atoms with Gasteiger partial charge in [0.2, 0.25) is 0 Å². The van der Waals surface area contributed by atoms with Gasteiger partial charge in [-0.15, -0.1) is 0 Å². The molecule has 132 valence electrons. The smallest absolute Gasteiger partial charge is 0.151 e. The van der Waals surface area contributed by atoms with Gasteiger partial charge in [-0.05, 0) is 63.4 Å². The van der Waals surface area contributed by atoms with Crippen molar-refractivity contribution in [3.05, 3.63) is 47.8 Å². The fourth-order valence-corrected chi connectivity index (χ4v) is 2.15. The van der Waals surface area contributed by atoms with Crippen molar-refractivity contribution in [3.63, 3.8) is 0 Å². The maximum absolute atomic E-state index is 11.3. The van der Waals surface area contributed by atoms with E-state index in [1.807, 2.05) is 44.3 Å². The molecule has 0 aliphatic rings. The van der Waals surface area contributed by atoms with Gasteiger partial charge in [0.1, 0.15) is 5.75 Å². The number of carbonyl (C=O) groups is 1. The third kappa shape index (κ3) is 6.90. The third-order valence-electron chi connectivity index (χ3n) is 3.81. The zero-order valence-corrected chi connectivity index (χ0v) is 15.5. The van der Waals surface area contributed by atoms with Gasteiger partial charge < -0.3 is 15.4 Å². The number of rotatable bonds is 10. The van der Waals surface area contributed by atoms with Gasteiger partial charge in [0.15, 0.2) is 5.78 Å². The Labute approximate surface area is 146 Å². The Hall–Kier alpha value is -2.23. The van der Waals surface area contributed by atoms with E-state index in [1.165, 1.54) is 6.42 Å². The summed E-state index contributed by atoms with van der Waals surface area (Å²) in [6.07, 6.45) is 7.46. The molecule has 0 aliphatic carbocycles. The summed E-state index contributed by atoms with van der Waals surface area (Å²) in [6.45, 7) is 7.59. The van der Waals surface area contributed by atoms with E-state index < -0.39 is 0 Å². The zero-order valence-electron chi connectivity index (χ0n) is 15.5. The lowest BCUT2D eigenvalue weighted by Gasteiger charge is -2.14. The van der Waals surface area contributed by atoms with Gasteiger partial charge in [0, 0.05) is 17.6 Å². The predicted molar refractivity (Wildman–Crippen MR) is 101 cm³/mol. The molecule has 24 heavy (non-hydrogen) atoms. The number of ether oxygens (including phenoxy) is 1. The molecule has 4 heteroatoms. The van der Waals surface area contributed by atoms with Crippen LogP contribution in [0.15, 0.2) is 42.2 Å². The van der Waals surface area contributed by atoms with E-state index >= 15 is 0 Å². The van der Waals surface area contributed by atoms with Crippen molar-refractivity contribution >= 4 is 11.5 Å². The fourth-order valence-electron chi connectivity index (χ4n) is 2.15. The summed E-state index contributed by atoms with van der Waals surface area (Å²) in [7, 11) is 1.67. The molecule has 1 unspecified atom stereocenters. The Morgan fingerprint density at radius 3 is 2.46 bits per heavy atom. The number of unbranched alkanes of at least 4 members (excludes halogenated alkanes) is 2. The van der Waals surface area contributed by atoms with Gasteiger partial charge in [0.05, 0.1) is 13.2 Å². The second-order valence-electron chi connectivity index (χ2n) is 5.94. The van der Waals surface area contributed by atoms with Crippen LogP contribution in [-0.2, 0) is 4.79 Å². The molecular weight excluding hydrogens is 300 g/mol. The zero-order chi connectivity index (χ0) is 17.9. The van der Waals surface area contributed by atoms with Gasteiger partial charge in [-0.3, -0.25) is 4.79 Å². The Morgan fingerprint density at radius 1 is 1.25 bits per heavy atom. The van der Waals surface area contributed by atoms with Crippen LogP contribution in [0.2, 0.25) is 0 Å². The molecule has 0 bridgehead atoms. The second kappa shape index (κ2) is 10.5. The number of Topliss-reactive ketones (excluding diaryl/α,β-unsaturated/α-hetero) is 1. The van der Waals surface area contributed by atoms with Crippen molar-refractivity contribution in [2.45, 2.75) is 53.0 Å². The van der Waals surface area contributed by atoms with Crippen molar-refractivity contribution in [2.75, 3.05) is 7.11 Å². The van der Waals surface area contributed by atoms with Crippen molar-refractivity contribution in [3.8, 4) is 5.75 Å². The average Bonchev–Trinajstić information content (AvgIpc) is 2.58. The molecule has 0 fully saturated rings. The fraction of sp³-hybridized carbons (Fsp3) is 0.450. The van der Waals surface area contributed by atoms with Gasteiger partial charge >= 0.3 is 0 Å². The molecule has 0 spiro atoms. The van der Waals surface area contributed by atoms with Gasteiger partial charge in [-0.25, -0.2) is 0 Å². The van der Waals surface area contributed by atoms with Gasteiger partial charge in [-0.1, -0.05) is 19.4 Å². The quantitative estimate of drug-likeness (QED) is 0.630. The molecule has 1 rings (SSSR count). The summed E-state index contributed by atoms with van der Waals surface area (Å²) in [5.41, 5.74) is 3.09. The lowest BCUT2D eigenvalue weighted by atomic mass is 10.1. The molecule has 0 saturated carbocycles. The van der Waals surface area contributed by atoms with Crippen LogP contribution in [0, 0.1) is 0 Å². The van der Waals surface area contributed by atoms with Crippen molar-refractivity contribution < 1.29 is 9.53 Å². The molecule has 0 radical (unpaired) electrons. The van der Waals surface area contributed by atoms with Gasteiger partial charge in [0.25, 0.3) is 0 Å². The summed E-state index contributed by atoms with van der Waals surface area (Å²) < 4.78 is 5.22. The predicted octanol–water partition coefficient (Wildman–Crippen LogP) is 4.24. The number of ketones is 1. The van der Waals surface area contributed by atoms with Crippen LogP contribution in [0.4, 0.5) is 0 Å².